The SMILES string of the molecule is CCc1noc2ncc(C(=O)NC(CC)(CC)CN)cc12.Cl. The number of halogens is 1. The highest BCUT2D eigenvalue weighted by Crippen LogP contribution is 2.19. The van der Waals surface area contributed by atoms with E-state index in [0.29, 0.717) is 17.8 Å². The van der Waals surface area contributed by atoms with E-state index < -0.39 is 0 Å². The third-order valence-corrected chi connectivity index (χ3v) is 4.12. The van der Waals surface area contributed by atoms with Crippen molar-refractivity contribution in [2.75, 3.05) is 6.54 Å². The molecule has 22 heavy (non-hydrogen) atoms. The van der Waals surface area contributed by atoms with Crippen LogP contribution in [-0.2, 0) is 6.42 Å². The highest BCUT2D eigenvalue weighted by Gasteiger charge is 2.27. The maximum atomic E-state index is 12.4. The fourth-order valence-electron chi connectivity index (χ4n) is 2.34. The second-order valence-corrected chi connectivity index (χ2v) is 5.21. The maximum Gasteiger partial charge on any atom is 0.257 e. The first-order chi connectivity index (χ1) is 10.1. The van der Waals surface area contributed by atoms with Gasteiger partial charge in [-0.05, 0) is 25.3 Å². The molecule has 0 fully saturated rings. The molecule has 0 aromatic carbocycles. The predicted molar refractivity (Wildman–Crippen MR) is 88.3 cm³/mol. The number of rotatable bonds is 6. The molecule has 0 aliphatic carbocycles. The number of hydrogen-bond acceptors (Lipinski definition) is 5. The molecule has 0 saturated carbocycles. The minimum Gasteiger partial charge on any atom is -0.345 e. The van der Waals surface area contributed by atoms with Crippen LogP contribution in [-0.4, -0.2) is 28.1 Å². The van der Waals surface area contributed by atoms with E-state index in [0.717, 1.165) is 30.3 Å². The Balaban J connectivity index is 0.00000242. The van der Waals surface area contributed by atoms with Gasteiger partial charge in [-0.1, -0.05) is 25.9 Å². The molecule has 2 aromatic rings. The minimum absolute atomic E-state index is 0. The van der Waals surface area contributed by atoms with Gasteiger partial charge < -0.3 is 15.6 Å². The van der Waals surface area contributed by atoms with Crippen LogP contribution in [0.3, 0.4) is 0 Å². The molecule has 122 valence electrons. The molecule has 3 N–H and O–H groups in total. The van der Waals surface area contributed by atoms with E-state index in [4.69, 9.17) is 10.3 Å². The number of pyridine rings is 1. The second-order valence-electron chi connectivity index (χ2n) is 5.21. The van der Waals surface area contributed by atoms with E-state index >= 15 is 0 Å². The summed E-state index contributed by atoms with van der Waals surface area (Å²) in [6, 6.07) is 1.78. The molecule has 0 spiro atoms. The summed E-state index contributed by atoms with van der Waals surface area (Å²) in [6.07, 6.45) is 3.81. The summed E-state index contributed by atoms with van der Waals surface area (Å²) >= 11 is 0. The number of aryl methyl sites for hydroxylation is 1. The Kier molecular flexibility index (Phi) is 6.32. The number of nitrogens with zero attached hydrogens (tertiary/aromatic N) is 2. The van der Waals surface area contributed by atoms with Crippen molar-refractivity contribution >= 4 is 29.4 Å². The molecule has 0 atom stereocenters. The van der Waals surface area contributed by atoms with Gasteiger partial charge in [-0.25, -0.2) is 4.98 Å². The molecule has 0 radical (unpaired) electrons. The first-order valence-electron chi connectivity index (χ1n) is 7.36. The number of carbonyl (C=O) groups is 1. The van der Waals surface area contributed by atoms with Gasteiger partial charge in [-0.15, -0.1) is 12.4 Å². The normalized spacial score (nSPS) is 11.3. The molecule has 2 heterocycles. The monoisotopic (exact) mass is 326 g/mol. The van der Waals surface area contributed by atoms with Gasteiger partial charge in [0.25, 0.3) is 11.6 Å². The van der Waals surface area contributed by atoms with E-state index in [1.54, 1.807) is 6.07 Å². The highest BCUT2D eigenvalue weighted by atomic mass is 35.5. The van der Waals surface area contributed by atoms with Gasteiger partial charge in [0.1, 0.15) is 0 Å². The van der Waals surface area contributed by atoms with Gasteiger partial charge >= 0.3 is 0 Å². The van der Waals surface area contributed by atoms with Crippen LogP contribution in [0, 0.1) is 0 Å². The average Bonchev–Trinajstić information content (AvgIpc) is 2.94. The summed E-state index contributed by atoms with van der Waals surface area (Å²) in [6.45, 7) is 6.44. The van der Waals surface area contributed by atoms with E-state index in [2.05, 4.69) is 15.5 Å². The first kappa shape index (κ1) is 18.4. The Labute approximate surface area is 136 Å². The summed E-state index contributed by atoms with van der Waals surface area (Å²) in [5.41, 5.74) is 7.22. The van der Waals surface area contributed by atoms with E-state index in [9.17, 15) is 4.79 Å². The molecule has 6 nitrogen and oxygen atoms in total. The van der Waals surface area contributed by atoms with Crippen LogP contribution >= 0.6 is 12.4 Å². The van der Waals surface area contributed by atoms with Crippen LogP contribution < -0.4 is 11.1 Å². The van der Waals surface area contributed by atoms with Crippen LogP contribution in [0.15, 0.2) is 16.8 Å². The molecule has 1 amide bonds. The van der Waals surface area contributed by atoms with Gasteiger partial charge in [0, 0.05) is 12.7 Å². The van der Waals surface area contributed by atoms with Gasteiger partial charge in [0.05, 0.1) is 22.2 Å². The number of nitrogens with one attached hydrogen (secondary N) is 1. The Hall–Kier alpha value is -1.66. The maximum absolute atomic E-state index is 12.4. The highest BCUT2D eigenvalue weighted by molar-refractivity contribution is 5.97. The van der Waals surface area contributed by atoms with E-state index in [1.807, 2.05) is 20.8 Å². The zero-order valence-corrected chi connectivity index (χ0v) is 14.0. The largest absolute Gasteiger partial charge is 0.345 e. The summed E-state index contributed by atoms with van der Waals surface area (Å²) in [5, 5.41) is 7.77. The van der Waals surface area contributed by atoms with Crippen molar-refractivity contribution in [2.45, 2.75) is 45.6 Å². The zero-order valence-electron chi connectivity index (χ0n) is 13.2. The number of nitrogens with two attached hydrogens (primary N) is 1. The van der Waals surface area contributed by atoms with E-state index in [-0.39, 0.29) is 23.9 Å². The summed E-state index contributed by atoms with van der Waals surface area (Å²) in [4.78, 5) is 16.6. The summed E-state index contributed by atoms with van der Waals surface area (Å²) in [5.74, 6) is -0.165. The lowest BCUT2D eigenvalue weighted by Crippen LogP contribution is -2.52. The molecule has 2 aromatic heterocycles. The molecule has 2 rings (SSSR count). The van der Waals surface area contributed by atoms with Crippen LogP contribution in [0.1, 0.15) is 49.7 Å². The van der Waals surface area contributed by atoms with Crippen LogP contribution in [0.2, 0.25) is 0 Å². The third-order valence-electron chi connectivity index (χ3n) is 4.12. The molecular weight excluding hydrogens is 304 g/mol. The van der Waals surface area contributed by atoms with Crippen molar-refractivity contribution < 1.29 is 9.32 Å². The fraction of sp³-hybridized carbons (Fsp3) is 0.533. The molecule has 7 heteroatoms. The standard InChI is InChI=1S/C15H22N4O2.ClH/c1-4-12-11-7-10(8-17-14(11)21-19-12)13(20)18-15(5-2,6-3)9-16;/h7-8H,4-6,9,16H2,1-3H3,(H,18,20);1H. The minimum atomic E-state index is -0.367. The second kappa shape index (κ2) is 7.56. The Morgan fingerprint density at radius 3 is 2.59 bits per heavy atom. The van der Waals surface area contributed by atoms with Crippen LogP contribution in [0.5, 0.6) is 0 Å². The van der Waals surface area contributed by atoms with Crippen molar-refractivity contribution in [1.82, 2.24) is 15.5 Å². The first-order valence-corrected chi connectivity index (χ1v) is 7.36. The summed E-state index contributed by atoms with van der Waals surface area (Å²) in [7, 11) is 0. The van der Waals surface area contributed by atoms with Crippen LogP contribution in [0.25, 0.3) is 11.1 Å². The number of hydrogen-bond donors (Lipinski definition) is 2. The lowest BCUT2D eigenvalue weighted by atomic mass is 9.92. The lowest BCUT2D eigenvalue weighted by Gasteiger charge is -2.31. The Bertz CT molecular complexity index is 629. The number of fused-ring (bicyclic) bond motifs is 1. The predicted octanol–water partition coefficient (Wildman–Crippen LogP) is 2.45. The van der Waals surface area contributed by atoms with Gasteiger partial charge in [0.15, 0.2) is 0 Å². The third kappa shape index (κ3) is 3.39. The van der Waals surface area contributed by atoms with Crippen molar-refractivity contribution in [3.63, 3.8) is 0 Å². The molecule has 0 bridgehead atoms. The molecule has 0 unspecified atom stereocenters. The zero-order chi connectivity index (χ0) is 15.5. The smallest absolute Gasteiger partial charge is 0.257 e. The quantitative estimate of drug-likeness (QED) is 0.850. The van der Waals surface area contributed by atoms with Gasteiger partial charge in [0.2, 0.25) is 0 Å². The molecule has 0 aliphatic rings. The molecule has 0 saturated heterocycles. The number of amides is 1. The lowest BCUT2D eigenvalue weighted by molar-refractivity contribution is 0.0895. The van der Waals surface area contributed by atoms with Crippen molar-refractivity contribution in [2.24, 2.45) is 5.73 Å². The topological polar surface area (TPSA) is 94.0 Å². The van der Waals surface area contributed by atoms with E-state index in [1.165, 1.54) is 6.20 Å². The summed E-state index contributed by atoms with van der Waals surface area (Å²) < 4.78 is 5.13. The average molecular weight is 327 g/mol. The Morgan fingerprint density at radius 1 is 1.36 bits per heavy atom. The van der Waals surface area contributed by atoms with Crippen LogP contribution in [0.4, 0.5) is 0 Å². The van der Waals surface area contributed by atoms with Crippen molar-refractivity contribution in [3.8, 4) is 0 Å². The van der Waals surface area contributed by atoms with Crippen molar-refractivity contribution in [3.05, 3.63) is 23.5 Å². The number of carbonyl (C=O) groups excluding carboxylic acids is 1. The van der Waals surface area contributed by atoms with Gasteiger partial charge in [-0.2, -0.15) is 0 Å². The molecular formula is C15H23ClN4O2. The molecule has 0 aliphatic heterocycles. The van der Waals surface area contributed by atoms with Crippen molar-refractivity contribution in [1.29, 1.82) is 0 Å². The number of aromatic nitrogens is 2. The Morgan fingerprint density at radius 2 is 2.05 bits per heavy atom. The van der Waals surface area contributed by atoms with Gasteiger partial charge in [-0.3, -0.25) is 4.79 Å². The fourth-order valence-corrected chi connectivity index (χ4v) is 2.34.